The third-order valence-electron chi connectivity index (χ3n) is 2.76. The minimum Gasteiger partial charge on any atom is -0.349 e. The quantitative estimate of drug-likeness (QED) is 0.819. The molecule has 0 saturated heterocycles. The topological polar surface area (TPSA) is 98.7 Å². The van der Waals surface area contributed by atoms with Crippen molar-refractivity contribution in [2.75, 3.05) is 6.54 Å². The van der Waals surface area contributed by atoms with Gasteiger partial charge < -0.3 is 15.6 Å². The van der Waals surface area contributed by atoms with Crippen molar-refractivity contribution >= 4 is 17.2 Å². The van der Waals surface area contributed by atoms with Crippen LogP contribution in [0.5, 0.6) is 0 Å². The summed E-state index contributed by atoms with van der Waals surface area (Å²) in [4.78, 5) is 16.0. The number of amides is 1. The molecule has 3 N–H and O–H groups in total. The maximum absolute atomic E-state index is 11.9. The van der Waals surface area contributed by atoms with E-state index in [0.717, 1.165) is 10.8 Å². The van der Waals surface area contributed by atoms with Crippen molar-refractivity contribution < 1.29 is 4.79 Å². The molecule has 0 atom stereocenters. The lowest BCUT2D eigenvalue weighted by molar-refractivity contribution is 0.0947. The highest BCUT2D eigenvalue weighted by atomic mass is 32.1. The van der Waals surface area contributed by atoms with Gasteiger partial charge in [0.25, 0.3) is 5.91 Å². The van der Waals surface area contributed by atoms with E-state index in [1.165, 1.54) is 11.3 Å². The summed E-state index contributed by atoms with van der Waals surface area (Å²) in [5.74, 6) is 1.04. The van der Waals surface area contributed by atoms with Gasteiger partial charge in [-0.25, -0.2) is 4.98 Å². The number of carbonyl (C=O) groups excluding carboxylic acids is 1. The molecule has 8 heteroatoms. The minimum atomic E-state index is -0.180. The Hall–Kier alpha value is -1.80. The van der Waals surface area contributed by atoms with Crippen LogP contribution in [0.15, 0.2) is 11.7 Å². The van der Waals surface area contributed by atoms with Crippen LogP contribution in [0.2, 0.25) is 0 Å². The smallest absolute Gasteiger partial charge is 0.270 e. The summed E-state index contributed by atoms with van der Waals surface area (Å²) in [7, 11) is 0. The van der Waals surface area contributed by atoms with Gasteiger partial charge in [0, 0.05) is 30.9 Å². The number of hydrogen-bond donors (Lipinski definition) is 2. The summed E-state index contributed by atoms with van der Waals surface area (Å²) in [5.41, 5.74) is 5.89. The van der Waals surface area contributed by atoms with Gasteiger partial charge in [0.05, 0.1) is 0 Å². The highest BCUT2D eigenvalue weighted by Crippen LogP contribution is 2.10. The lowest BCUT2D eigenvalue weighted by Crippen LogP contribution is -2.28. The first-order valence-electron chi connectivity index (χ1n) is 6.42. The van der Waals surface area contributed by atoms with E-state index in [-0.39, 0.29) is 5.91 Å². The Kier molecular flexibility index (Phi) is 4.80. The van der Waals surface area contributed by atoms with Crippen molar-refractivity contribution in [1.82, 2.24) is 25.1 Å². The van der Waals surface area contributed by atoms with E-state index in [1.54, 1.807) is 11.7 Å². The van der Waals surface area contributed by atoms with Crippen molar-refractivity contribution in [2.45, 2.75) is 32.9 Å². The third-order valence-corrected chi connectivity index (χ3v) is 3.63. The molecule has 0 radical (unpaired) electrons. The lowest BCUT2D eigenvalue weighted by Gasteiger charge is -2.09. The highest BCUT2D eigenvalue weighted by molar-refractivity contribution is 7.09. The van der Waals surface area contributed by atoms with Gasteiger partial charge in [-0.15, -0.1) is 21.5 Å². The Labute approximate surface area is 121 Å². The standard InChI is InChI=1S/C12H18N6OS/c1-8(2)11-17-15-7-18(11)4-3-14-12(19)9-6-20-10(5-13)16-9/h6-8H,3-5,13H2,1-2H3,(H,14,19). The van der Waals surface area contributed by atoms with Gasteiger partial charge in [-0.1, -0.05) is 13.8 Å². The number of hydrogen-bond acceptors (Lipinski definition) is 6. The van der Waals surface area contributed by atoms with Crippen molar-refractivity contribution in [2.24, 2.45) is 5.73 Å². The lowest BCUT2D eigenvalue weighted by atomic mass is 10.2. The van der Waals surface area contributed by atoms with Gasteiger partial charge in [-0.05, 0) is 0 Å². The number of nitrogens with one attached hydrogen (secondary N) is 1. The summed E-state index contributed by atoms with van der Waals surface area (Å²) in [6.45, 7) is 5.62. The van der Waals surface area contributed by atoms with Crippen LogP contribution in [0.1, 0.15) is 41.1 Å². The number of aromatic nitrogens is 4. The molecule has 1 amide bonds. The fraction of sp³-hybridized carbons (Fsp3) is 0.500. The molecule has 0 bridgehead atoms. The molecular weight excluding hydrogens is 276 g/mol. The molecule has 2 rings (SSSR count). The Morgan fingerprint density at radius 2 is 2.35 bits per heavy atom. The van der Waals surface area contributed by atoms with Crippen LogP contribution >= 0.6 is 11.3 Å². The van der Waals surface area contributed by atoms with Gasteiger partial charge in [-0.3, -0.25) is 4.79 Å². The second-order valence-electron chi connectivity index (χ2n) is 4.62. The predicted octanol–water partition coefficient (Wildman–Crippen LogP) is 0.747. The molecule has 0 spiro atoms. The molecular formula is C12H18N6OS. The van der Waals surface area contributed by atoms with Crippen molar-refractivity contribution in [3.8, 4) is 0 Å². The highest BCUT2D eigenvalue weighted by Gasteiger charge is 2.11. The number of rotatable bonds is 6. The summed E-state index contributed by atoms with van der Waals surface area (Å²) in [6, 6.07) is 0. The number of thiazole rings is 1. The normalized spacial score (nSPS) is 11.0. The maximum atomic E-state index is 11.9. The molecule has 0 aromatic carbocycles. The molecule has 2 aromatic heterocycles. The van der Waals surface area contributed by atoms with Gasteiger partial charge in [0.2, 0.25) is 0 Å². The SMILES string of the molecule is CC(C)c1nncn1CCNC(=O)c1csc(CN)n1. The summed E-state index contributed by atoms with van der Waals surface area (Å²) in [6.07, 6.45) is 1.68. The van der Waals surface area contributed by atoms with Crippen LogP contribution in [0, 0.1) is 0 Å². The van der Waals surface area contributed by atoms with Crippen LogP contribution in [0.25, 0.3) is 0 Å². The molecule has 108 valence electrons. The van der Waals surface area contributed by atoms with E-state index < -0.39 is 0 Å². The average Bonchev–Trinajstić information content (AvgIpc) is 3.07. The van der Waals surface area contributed by atoms with E-state index >= 15 is 0 Å². The van der Waals surface area contributed by atoms with Gasteiger partial charge in [-0.2, -0.15) is 0 Å². The van der Waals surface area contributed by atoms with E-state index in [4.69, 9.17) is 5.73 Å². The Balaban J connectivity index is 1.86. The molecule has 0 aliphatic carbocycles. The second kappa shape index (κ2) is 6.58. The zero-order valence-corrected chi connectivity index (χ0v) is 12.4. The molecule has 0 saturated carbocycles. The minimum absolute atomic E-state index is 0.180. The van der Waals surface area contributed by atoms with Crippen molar-refractivity contribution in [1.29, 1.82) is 0 Å². The van der Waals surface area contributed by atoms with E-state index in [0.29, 0.717) is 31.2 Å². The zero-order chi connectivity index (χ0) is 14.5. The first-order valence-corrected chi connectivity index (χ1v) is 7.30. The average molecular weight is 294 g/mol. The van der Waals surface area contributed by atoms with Crippen LogP contribution < -0.4 is 11.1 Å². The van der Waals surface area contributed by atoms with Crippen LogP contribution in [-0.2, 0) is 13.1 Å². The van der Waals surface area contributed by atoms with Gasteiger partial charge in [0.15, 0.2) is 0 Å². The Bertz CT molecular complexity index is 576. The summed E-state index contributed by atoms with van der Waals surface area (Å²) < 4.78 is 1.94. The van der Waals surface area contributed by atoms with Crippen molar-refractivity contribution in [3.05, 3.63) is 28.2 Å². The molecule has 0 fully saturated rings. The Morgan fingerprint density at radius 3 is 3.00 bits per heavy atom. The van der Waals surface area contributed by atoms with E-state index in [1.807, 2.05) is 4.57 Å². The monoisotopic (exact) mass is 294 g/mol. The number of nitrogens with zero attached hydrogens (tertiary/aromatic N) is 4. The summed E-state index contributed by atoms with van der Waals surface area (Å²) >= 11 is 1.39. The first-order chi connectivity index (χ1) is 9.61. The van der Waals surface area contributed by atoms with Gasteiger partial charge in [0.1, 0.15) is 22.9 Å². The maximum Gasteiger partial charge on any atom is 0.270 e. The predicted molar refractivity (Wildman–Crippen MR) is 76.4 cm³/mol. The van der Waals surface area contributed by atoms with Crippen LogP contribution in [0.4, 0.5) is 0 Å². The molecule has 7 nitrogen and oxygen atoms in total. The fourth-order valence-corrected chi connectivity index (χ4v) is 2.43. The van der Waals surface area contributed by atoms with E-state index in [2.05, 4.69) is 34.3 Å². The third kappa shape index (κ3) is 3.40. The van der Waals surface area contributed by atoms with E-state index in [9.17, 15) is 4.79 Å². The zero-order valence-electron chi connectivity index (χ0n) is 11.5. The molecule has 2 heterocycles. The first kappa shape index (κ1) is 14.6. The Morgan fingerprint density at radius 1 is 1.55 bits per heavy atom. The molecule has 0 aliphatic heterocycles. The van der Waals surface area contributed by atoms with Gasteiger partial charge >= 0.3 is 0 Å². The van der Waals surface area contributed by atoms with Crippen LogP contribution in [0.3, 0.4) is 0 Å². The molecule has 0 unspecified atom stereocenters. The molecule has 2 aromatic rings. The largest absolute Gasteiger partial charge is 0.349 e. The number of nitrogens with two attached hydrogens (primary N) is 1. The molecule has 0 aliphatic rings. The second-order valence-corrected chi connectivity index (χ2v) is 5.57. The molecule has 20 heavy (non-hydrogen) atoms. The van der Waals surface area contributed by atoms with Crippen LogP contribution in [-0.4, -0.2) is 32.2 Å². The van der Waals surface area contributed by atoms with Crippen molar-refractivity contribution in [3.63, 3.8) is 0 Å². The summed E-state index contributed by atoms with van der Waals surface area (Å²) in [5, 5.41) is 13.3. The number of carbonyl (C=O) groups is 1. The fourth-order valence-electron chi connectivity index (χ4n) is 1.77.